The van der Waals surface area contributed by atoms with Crippen molar-refractivity contribution in [2.75, 3.05) is 10.5 Å². The van der Waals surface area contributed by atoms with Gasteiger partial charge in [-0.05, 0) is 30.3 Å². The van der Waals surface area contributed by atoms with E-state index in [4.69, 9.17) is 15.7 Å². The molecule has 3 N–H and O–H groups in total. The standard InChI is InChI=1S/C23H14F4N6O3S/c24-15-8-12(10-28)3-4-13(15)11-37(34,35)33-21-16(25)9-18(19(26)20(21)27)36-22-14(2-1-6-30-22)17-5-7-31-23(29)32-17/h1-9,33H,11H2,(H2,29,31,32). The summed E-state index contributed by atoms with van der Waals surface area (Å²) in [7, 11) is -4.61. The van der Waals surface area contributed by atoms with Gasteiger partial charge >= 0.3 is 0 Å². The number of nitriles is 1. The van der Waals surface area contributed by atoms with E-state index in [-0.39, 0.29) is 34.2 Å². The fourth-order valence-electron chi connectivity index (χ4n) is 3.17. The van der Waals surface area contributed by atoms with Crippen LogP contribution < -0.4 is 15.2 Å². The van der Waals surface area contributed by atoms with E-state index in [1.165, 1.54) is 36.7 Å². The van der Waals surface area contributed by atoms with Crippen LogP contribution in [0.2, 0.25) is 0 Å². The van der Waals surface area contributed by atoms with Crippen LogP contribution in [0.5, 0.6) is 11.6 Å². The normalized spacial score (nSPS) is 11.1. The molecule has 0 bridgehead atoms. The fourth-order valence-corrected chi connectivity index (χ4v) is 4.38. The van der Waals surface area contributed by atoms with E-state index < -0.39 is 50.5 Å². The van der Waals surface area contributed by atoms with Gasteiger partial charge in [0.2, 0.25) is 27.7 Å². The number of halogens is 4. The zero-order valence-corrected chi connectivity index (χ0v) is 19.2. The molecule has 188 valence electrons. The lowest BCUT2D eigenvalue weighted by atomic mass is 10.1. The molecule has 0 saturated heterocycles. The van der Waals surface area contributed by atoms with Crippen LogP contribution in [-0.2, 0) is 15.8 Å². The number of nitrogens with one attached hydrogen (secondary N) is 1. The minimum absolute atomic E-state index is 0.0550. The molecule has 0 aliphatic carbocycles. The Hall–Kier alpha value is -4.77. The number of hydrogen-bond donors (Lipinski definition) is 2. The number of nitrogen functional groups attached to an aromatic ring is 1. The van der Waals surface area contributed by atoms with Crippen molar-refractivity contribution in [1.82, 2.24) is 15.0 Å². The first kappa shape index (κ1) is 25.3. The van der Waals surface area contributed by atoms with Gasteiger partial charge in [-0.2, -0.15) is 9.65 Å². The highest BCUT2D eigenvalue weighted by Gasteiger charge is 2.26. The summed E-state index contributed by atoms with van der Waals surface area (Å²) in [4.78, 5) is 11.7. The Morgan fingerprint density at radius 2 is 1.78 bits per heavy atom. The molecule has 2 heterocycles. The monoisotopic (exact) mass is 530 g/mol. The molecule has 4 rings (SSSR count). The second-order valence-electron chi connectivity index (χ2n) is 7.40. The summed E-state index contributed by atoms with van der Waals surface area (Å²) in [5.74, 6) is -8.47. The molecule has 0 atom stereocenters. The molecule has 0 unspecified atom stereocenters. The molecule has 9 nitrogen and oxygen atoms in total. The van der Waals surface area contributed by atoms with Crippen molar-refractivity contribution in [2.45, 2.75) is 5.75 Å². The first-order valence-electron chi connectivity index (χ1n) is 10.2. The maximum Gasteiger partial charge on any atom is 0.237 e. The van der Waals surface area contributed by atoms with Gasteiger partial charge in [0, 0.05) is 24.0 Å². The molecule has 0 fully saturated rings. The highest BCUT2D eigenvalue weighted by atomic mass is 32.2. The summed E-state index contributed by atoms with van der Waals surface area (Å²) in [6.45, 7) is 0. The maximum absolute atomic E-state index is 14.8. The number of benzene rings is 2. The van der Waals surface area contributed by atoms with Gasteiger partial charge in [0.15, 0.2) is 17.4 Å². The predicted octanol–water partition coefficient (Wildman–Crippen LogP) is 4.28. The molecule has 2 aromatic carbocycles. The van der Waals surface area contributed by atoms with Gasteiger partial charge in [-0.15, -0.1) is 0 Å². The zero-order chi connectivity index (χ0) is 26.7. The highest BCUT2D eigenvalue weighted by Crippen LogP contribution is 2.35. The van der Waals surface area contributed by atoms with Crippen molar-refractivity contribution in [1.29, 1.82) is 5.26 Å². The molecule has 2 aromatic heterocycles. The van der Waals surface area contributed by atoms with Crippen LogP contribution in [0.4, 0.5) is 29.2 Å². The van der Waals surface area contributed by atoms with E-state index in [1.54, 1.807) is 10.8 Å². The number of sulfonamides is 1. The lowest BCUT2D eigenvalue weighted by molar-refractivity contribution is 0.401. The van der Waals surface area contributed by atoms with Crippen LogP contribution in [0.1, 0.15) is 11.1 Å². The van der Waals surface area contributed by atoms with E-state index in [0.717, 1.165) is 12.1 Å². The van der Waals surface area contributed by atoms with Crippen LogP contribution >= 0.6 is 0 Å². The van der Waals surface area contributed by atoms with Crippen molar-refractivity contribution in [3.05, 3.63) is 89.3 Å². The highest BCUT2D eigenvalue weighted by molar-refractivity contribution is 7.91. The van der Waals surface area contributed by atoms with Crippen molar-refractivity contribution < 1.29 is 30.7 Å². The number of aromatic nitrogens is 3. The van der Waals surface area contributed by atoms with Crippen LogP contribution in [-0.4, -0.2) is 23.4 Å². The predicted molar refractivity (Wildman–Crippen MR) is 123 cm³/mol. The van der Waals surface area contributed by atoms with Crippen LogP contribution in [0, 0.1) is 34.6 Å². The molecular formula is C23H14F4N6O3S. The van der Waals surface area contributed by atoms with Gasteiger partial charge in [0.05, 0.1) is 28.6 Å². The summed E-state index contributed by atoms with van der Waals surface area (Å²) in [5.41, 5.74) is 4.24. The molecular weight excluding hydrogens is 516 g/mol. The van der Waals surface area contributed by atoms with Crippen molar-refractivity contribution >= 4 is 21.7 Å². The summed E-state index contributed by atoms with van der Waals surface area (Å²) in [6, 6.07) is 9.56. The van der Waals surface area contributed by atoms with Gasteiger partial charge in [0.1, 0.15) is 11.5 Å². The molecule has 0 radical (unpaired) electrons. The third-order valence-corrected chi connectivity index (χ3v) is 6.04. The summed E-state index contributed by atoms with van der Waals surface area (Å²) in [5, 5.41) is 8.78. The topological polar surface area (TPSA) is 144 Å². The lowest BCUT2D eigenvalue weighted by Gasteiger charge is -2.14. The average Bonchev–Trinajstić information content (AvgIpc) is 2.86. The second kappa shape index (κ2) is 10.1. The number of pyridine rings is 1. The smallest absolute Gasteiger partial charge is 0.237 e. The maximum atomic E-state index is 14.8. The van der Waals surface area contributed by atoms with E-state index >= 15 is 0 Å². The van der Waals surface area contributed by atoms with Gasteiger partial charge < -0.3 is 10.5 Å². The van der Waals surface area contributed by atoms with Crippen LogP contribution in [0.3, 0.4) is 0 Å². The molecule has 0 amide bonds. The third-order valence-electron chi connectivity index (χ3n) is 4.84. The Morgan fingerprint density at radius 3 is 2.49 bits per heavy atom. The van der Waals surface area contributed by atoms with E-state index in [0.29, 0.717) is 6.07 Å². The van der Waals surface area contributed by atoms with Crippen LogP contribution in [0.15, 0.2) is 54.9 Å². The minimum Gasteiger partial charge on any atom is -0.435 e. The number of hydrogen-bond acceptors (Lipinski definition) is 8. The third kappa shape index (κ3) is 5.57. The quantitative estimate of drug-likeness (QED) is 0.266. The Bertz CT molecular complexity index is 1660. The number of ether oxygens (including phenoxy) is 1. The van der Waals surface area contributed by atoms with Gasteiger partial charge in [-0.25, -0.2) is 36.5 Å². The molecule has 0 aliphatic heterocycles. The summed E-state index contributed by atoms with van der Waals surface area (Å²) in [6.07, 6.45) is 2.62. The zero-order valence-electron chi connectivity index (χ0n) is 18.4. The molecule has 0 saturated carbocycles. The lowest BCUT2D eigenvalue weighted by Crippen LogP contribution is -2.18. The Morgan fingerprint density at radius 1 is 1.00 bits per heavy atom. The number of anilines is 2. The van der Waals surface area contributed by atoms with Crippen molar-refractivity contribution in [3.8, 4) is 29.0 Å². The SMILES string of the molecule is N#Cc1ccc(CS(=O)(=O)Nc2c(F)cc(Oc3ncccc3-c3ccnc(N)n3)c(F)c2F)c(F)c1. The molecule has 14 heteroatoms. The summed E-state index contributed by atoms with van der Waals surface area (Å²) >= 11 is 0. The molecule has 4 aromatic rings. The molecule has 37 heavy (non-hydrogen) atoms. The largest absolute Gasteiger partial charge is 0.435 e. The Labute approximate surface area is 207 Å². The molecule has 0 spiro atoms. The van der Waals surface area contributed by atoms with Crippen molar-refractivity contribution in [2.24, 2.45) is 0 Å². The number of nitrogens with zero attached hydrogens (tertiary/aromatic N) is 4. The fraction of sp³-hybridized carbons (Fsp3) is 0.0435. The van der Waals surface area contributed by atoms with Gasteiger partial charge in [0.25, 0.3) is 0 Å². The minimum atomic E-state index is -4.61. The first-order valence-corrected chi connectivity index (χ1v) is 11.8. The van der Waals surface area contributed by atoms with Gasteiger partial charge in [-0.1, -0.05) is 6.07 Å². The van der Waals surface area contributed by atoms with E-state index in [1.807, 2.05) is 0 Å². The van der Waals surface area contributed by atoms with E-state index in [2.05, 4.69) is 15.0 Å². The van der Waals surface area contributed by atoms with Crippen molar-refractivity contribution in [3.63, 3.8) is 0 Å². The number of rotatable bonds is 7. The number of nitrogens with two attached hydrogens (primary N) is 1. The van der Waals surface area contributed by atoms with Crippen LogP contribution in [0.25, 0.3) is 11.3 Å². The summed E-state index contributed by atoms with van der Waals surface area (Å²) < 4.78 is 90.1. The van der Waals surface area contributed by atoms with E-state index in [9.17, 15) is 26.0 Å². The van der Waals surface area contributed by atoms with Gasteiger partial charge in [-0.3, -0.25) is 4.72 Å². The molecule has 0 aliphatic rings. The average molecular weight is 530 g/mol. The first-order chi connectivity index (χ1) is 17.6. The Balaban J connectivity index is 1.63. The Kier molecular flexibility index (Phi) is 6.89. The second-order valence-corrected chi connectivity index (χ2v) is 9.12.